The number of nitrogens with zero attached hydrogens (tertiary/aromatic N) is 3. The van der Waals surface area contributed by atoms with E-state index in [2.05, 4.69) is 0 Å². The average molecular weight is 514 g/mol. The van der Waals surface area contributed by atoms with Gasteiger partial charge in [-0.05, 0) is 61.4 Å². The summed E-state index contributed by atoms with van der Waals surface area (Å²) in [7, 11) is 1.94. The van der Waals surface area contributed by atoms with Crippen LogP contribution in [0.25, 0.3) is 21.9 Å². The first-order valence-corrected chi connectivity index (χ1v) is 13.1. The van der Waals surface area contributed by atoms with Crippen LogP contribution in [0.2, 0.25) is 0 Å². The van der Waals surface area contributed by atoms with E-state index in [1.807, 2.05) is 64.7 Å². The molecular weight excluding hydrogens is 482 g/mol. The summed E-state index contributed by atoms with van der Waals surface area (Å²) in [5.41, 5.74) is 2.70. The first-order chi connectivity index (χ1) is 18.3. The molecule has 2 aromatic heterocycles. The fourth-order valence-corrected chi connectivity index (χ4v) is 6.03. The van der Waals surface area contributed by atoms with Crippen molar-refractivity contribution in [3.63, 3.8) is 0 Å². The fourth-order valence-electron chi connectivity index (χ4n) is 6.03. The zero-order valence-electron chi connectivity index (χ0n) is 21.7. The molecule has 0 saturated carbocycles. The summed E-state index contributed by atoms with van der Waals surface area (Å²) in [4.78, 5) is 41.8. The van der Waals surface area contributed by atoms with Gasteiger partial charge in [0.15, 0.2) is 6.61 Å². The van der Waals surface area contributed by atoms with Gasteiger partial charge in [-0.25, -0.2) is 4.79 Å². The second kappa shape index (κ2) is 9.35. The highest BCUT2D eigenvalue weighted by atomic mass is 16.5. The van der Waals surface area contributed by atoms with Crippen molar-refractivity contribution < 1.29 is 18.7 Å². The summed E-state index contributed by atoms with van der Waals surface area (Å²) in [6.45, 7) is 4.57. The Balaban J connectivity index is 1.05. The van der Waals surface area contributed by atoms with E-state index in [1.165, 1.54) is 6.07 Å². The largest absolute Gasteiger partial charge is 0.484 e. The molecule has 2 amide bonds. The molecular formula is C30H31N3O5. The van der Waals surface area contributed by atoms with Crippen molar-refractivity contribution in [2.75, 3.05) is 32.8 Å². The molecule has 8 nitrogen and oxygen atoms in total. The molecule has 0 radical (unpaired) electrons. The smallest absolute Gasteiger partial charge is 0.336 e. The Hall–Kier alpha value is -4.07. The quantitative estimate of drug-likeness (QED) is 0.383. The molecule has 38 heavy (non-hydrogen) atoms. The van der Waals surface area contributed by atoms with E-state index in [-0.39, 0.29) is 23.8 Å². The van der Waals surface area contributed by atoms with Gasteiger partial charge in [0.1, 0.15) is 17.0 Å². The van der Waals surface area contributed by atoms with E-state index in [9.17, 15) is 14.4 Å². The maximum Gasteiger partial charge on any atom is 0.336 e. The predicted octanol–water partition coefficient (Wildman–Crippen LogP) is 4.13. The molecule has 0 unspecified atom stereocenters. The third-order valence-electron chi connectivity index (χ3n) is 8.36. The molecule has 0 N–H and O–H groups in total. The predicted molar refractivity (Wildman–Crippen MR) is 144 cm³/mol. The van der Waals surface area contributed by atoms with Crippen molar-refractivity contribution >= 4 is 33.7 Å². The van der Waals surface area contributed by atoms with Crippen LogP contribution in [0.1, 0.15) is 35.3 Å². The van der Waals surface area contributed by atoms with Crippen molar-refractivity contribution in [1.29, 1.82) is 0 Å². The topological polar surface area (TPSA) is 85.0 Å². The number of rotatable bonds is 4. The number of hydrogen-bond donors (Lipinski definition) is 0. The lowest BCUT2D eigenvalue weighted by atomic mass is 9.77. The van der Waals surface area contributed by atoms with E-state index < -0.39 is 5.63 Å². The van der Waals surface area contributed by atoms with Crippen LogP contribution in [0, 0.1) is 12.3 Å². The van der Waals surface area contributed by atoms with E-state index in [4.69, 9.17) is 9.15 Å². The minimum atomic E-state index is -0.407. The molecule has 8 heteroatoms. The van der Waals surface area contributed by atoms with Gasteiger partial charge in [0.25, 0.3) is 11.8 Å². The van der Waals surface area contributed by atoms with Gasteiger partial charge in [0.05, 0.1) is 0 Å². The standard InChI is InChI=1S/C30H31N3O5/c1-20-15-28(35)38-26-17-22(7-8-23(20)26)37-18-27(34)33-14-11-30(19-33)9-12-32(13-10-30)29(36)25-16-21-5-3-4-6-24(21)31(25)2/h3-8,15-17H,9-14,18-19H2,1-2H3. The van der Waals surface area contributed by atoms with Crippen LogP contribution in [0.15, 0.2) is 63.8 Å². The molecule has 6 rings (SSSR count). The number of benzene rings is 2. The van der Waals surface area contributed by atoms with Crippen molar-refractivity contribution in [3.8, 4) is 5.75 Å². The zero-order chi connectivity index (χ0) is 26.4. The summed E-state index contributed by atoms with van der Waals surface area (Å²) in [6, 6.07) is 16.8. The molecule has 4 heterocycles. The summed E-state index contributed by atoms with van der Waals surface area (Å²) in [6.07, 6.45) is 2.71. The number of hydrogen-bond acceptors (Lipinski definition) is 5. The Labute approximate surface area is 220 Å². The van der Waals surface area contributed by atoms with Gasteiger partial charge >= 0.3 is 5.63 Å². The Morgan fingerprint density at radius 3 is 2.47 bits per heavy atom. The number of aromatic nitrogens is 1. The van der Waals surface area contributed by atoms with Gasteiger partial charge < -0.3 is 23.5 Å². The van der Waals surface area contributed by atoms with E-state index in [0.717, 1.165) is 41.1 Å². The Morgan fingerprint density at radius 1 is 0.974 bits per heavy atom. The number of aryl methyl sites for hydroxylation is 2. The molecule has 1 spiro atoms. The summed E-state index contributed by atoms with van der Waals surface area (Å²) >= 11 is 0. The van der Waals surface area contributed by atoms with Gasteiger partial charge in [0, 0.05) is 61.6 Å². The number of ether oxygens (including phenoxy) is 1. The van der Waals surface area contributed by atoms with Crippen LogP contribution in [-0.4, -0.2) is 59.0 Å². The van der Waals surface area contributed by atoms with Gasteiger partial charge in [-0.3, -0.25) is 9.59 Å². The minimum Gasteiger partial charge on any atom is -0.484 e. The molecule has 2 aromatic carbocycles. The van der Waals surface area contributed by atoms with Crippen LogP contribution < -0.4 is 10.4 Å². The second-order valence-corrected chi connectivity index (χ2v) is 10.7. The fraction of sp³-hybridized carbons (Fsp3) is 0.367. The van der Waals surface area contributed by atoms with Crippen LogP contribution in [0.5, 0.6) is 5.75 Å². The van der Waals surface area contributed by atoms with Crippen LogP contribution in [0.4, 0.5) is 0 Å². The van der Waals surface area contributed by atoms with Crippen molar-refractivity contribution in [2.45, 2.75) is 26.2 Å². The van der Waals surface area contributed by atoms with Crippen LogP contribution in [-0.2, 0) is 11.8 Å². The Kier molecular flexibility index (Phi) is 5.97. The third kappa shape index (κ3) is 4.34. The number of carbonyl (C=O) groups excluding carboxylic acids is 2. The summed E-state index contributed by atoms with van der Waals surface area (Å²) < 4.78 is 13.0. The van der Waals surface area contributed by atoms with Crippen molar-refractivity contribution in [2.24, 2.45) is 12.5 Å². The van der Waals surface area contributed by atoms with E-state index >= 15 is 0 Å². The maximum atomic E-state index is 13.3. The van der Waals surface area contributed by atoms with Crippen molar-refractivity contribution in [3.05, 3.63) is 76.3 Å². The molecule has 196 valence electrons. The molecule has 2 fully saturated rings. The molecule has 0 bridgehead atoms. The number of fused-ring (bicyclic) bond motifs is 2. The average Bonchev–Trinajstić information content (AvgIpc) is 3.48. The lowest BCUT2D eigenvalue weighted by molar-refractivity contribution is -0.132. The Morgan fingerprint density at radius 2 is 1.71 bits per heavy atom. The highest BCUT2D eigenvalue weighted by Crippen LogP contribution is 2.41. The highest BCUT2D eigenvalue weighted by Gasteiger charge is 2.43. The van der Waals surface area contributed by atoms with Gasteiger partial charge in [-0.2, -0.15) is 0 Å². The lowest BCUT2D eigenvalue weighted by Gasteiger charge is -2.39. The monoisotopic (exact) mass is 513 g/mol. The van der Waals surface area contributed by atoms with E-state index in [0.29, 0.717) is 43.2 Å². The van der Waals surface area contributed by atoms with Crippen LogP contribution in [0.3, 0.4) is 0 Å². The Bertz CT molecular complexity index is 1610. The number of likely N-dealkylation sites (tertiary alicyclic amines) is 2. The maximum absolute atomic E-state index is 13.3. The van der Waals surface area contributed by atoms with Gasteiger partial charge in [-0.1, -0.05) is 18.2 Å². The zero-order valence-corrected chi connectivity index (χ0v) is 21.7. The summed E-state index contributed by atoms with van der Waals surface area (Å²) in [5, 5.41) is 1.91. The third-order valence-corrected chi connectivity index (χ3v) is 8.36. The first kappa shape index (κ1) is 24.3. The lowest BCUT2D eigenvalue weighted by Crippen LogP contribution is -2.45. The molecule has 0 atom stereocenters. The number of para-hydroxylation sites is 1. The summed E-state index contributed by atoms with van der Waals surface area (Å²) in [5.74, 6) is 0.509. The van der Waals surface area contributed by atoms with Crippen molar-refractivity contribution in [1.82, 2.24) is 14.4 Å². The number of carbonyl (C=O) groups is 2. The van der Waals surface area contributed by atoms with E-state index in [1.54, 1.807) is 12.1 Å². The number of piperidine rings is 1. The highest BCUT2D eigenvalue weighted by molar-refractivity contribution is 5.98. The first-order valence-electron chi connectivity index (χ1n) is 13.1. The normalized spacial score (nSPS) is 17.0. The second-order valence-electron chi connectivity index (χ2n) is 10.7. The van der Waals surface area contributed by atoms with Crippen LogP contribution >= 0.6 is 0 Å². The molecule has 2 aliphatic rings. The minimum absolute atomic E-state index is 0.0508. The molecule has 2 aliphatic heterocycles. The molecule has 0 aliphatic carbocycles. The molecule has 2 saturated heterocycles. The molecule has 4 aromatic rings. The van der Waals surface area contributed by atoms with Gasteiger partial charge in [-0.15, -0.1) is 0 Å². The SMILES string of the molecule is Cc1cc(=O)oc2cc(OCC(=O)N3CCC4(CCN(C(=O)c5cc6ccccc6n5C)CC4)C3)ccc12. The van der Waals surface area contributed by atoms with Gasteiger partial charge in [0.2, 0.25) is 0 Å². The number of amides is 2.